The number of hydrogen-bond acceptors (Lipinski definition) is 4. The molecule has 1 fully saturated rings. The highest BCUT2D eigenvalue weighted by molar-refractivity contribution is 5.95. The highest BCUT2D eigenvalue weighted by Crippen LogP contribution is 2.29. The van der Waals surface area contributed by atoms with Crippen LogP contribution in [-0.4, -0.2) is 60.6 Å². The molecule has 2 heterocycles. The van der Waals surface area contributed by atoms with Gasteiger partial charge in [-0.05, 0) is 24.6 Å². The van der Waals surface area contributed by atoms with Gasteiger partial charge in [0.15, 0.2) is 0 Å². The average Bonchev–Trinajstić information content (AvgIpc) is 2.71. The predicted octanol–water partition coefficient (Wildman–Crippen LogP) is 3.55. The van der Waals surface area contributed by atoms with E-state index in [2.05, 4.69) is 9.88 Å². The van der Waals surface area contributed by atoms with Crippen molar-refractivity contribution < 1.29 is 22.7 Å². The fourth-order valence-corrected chi connectivity index (χ4v) is 3.43. The topological polar surface area (TPSA) is 45.7 Å². The van der Waals surface area contributed by atoms with Crippen molar-refractivity contribution in [3.05, 3.63) is 65.0 Å². The van der Waals surface area contributed by atoms with Gasteiger partial charge in [-0.25, -0.2) is 4.98 Å². The first-order chi connectivity index (χ1) is 13.8. The molecule has 1 amide bonds. The molecule has 0 radical (unpaired) electrons. The second kappa shape index (κ2) is 8.92. The fourth-order valence-electron chi connectivity index (χ4n) is 3.43. The molecule has 5 nitrogen and oxygen atoms in total. The molecule has 0 bridgehead atoms. The van der Waals surface area contributed by atoms with Crippen molar-refractivity contribution in [2.24, 2.45) is 0 Å². The summed E-state index contributed by atoms with van der Waals surface area (Å²) in [6, 6.07) is 11.4. The lowest BCUT2D eigenvalue weighted by Gasteiger charge is -2.35. The number of nitrogens with zero attached hydrogens (tertiary/aromatic N) is 3. The third-order valence-corrected chi connectivity index (χ3v) is 5.11. The van der Waals surface area contributed by atoms with Gasteiger partial charge in [-0.15, -0.1) is 0 Å². The van der Waals surface area contributed by atoms with Gasteiger partial charge in [-0.2, -0.15) is 13.2 Å². The van der Waals surface area contributed by atoms with Crippen molar-refractivity contribution in [3.8, 4) is 0 Å². The van der Waals surface area contributed by atoms with Gasteiger partial charge in [0.25, 0.3) is 5.91 Å². The Balaban J connectivity index is 1.86. The minimum absolute atomic E-state index is 0.0647. The van der Waals surface area contributed by atoms with Crippen LogP contribution in [0, 0.1) is 6.92 Å². The summed E-state index contributed by atoms with van der Waals surface area (Å²) in [5, 5.41) is 0. The second-order valence-electron chi connectivity index (χ2n) is 7.08. The molecule has 0 N–H and O–H groups in total. The van der Waals surface area contributed by atoms with Gasteiger partial charge >= 0.3 is 6.18 Å². The Bertz CT molecular complexity index is 837. The Labute approximate surface area is 168 Å². The molecule has 0 unspecified atom stereocenters. The largest absolute Gasteiger partial charge is 0.433 e. The Morgan fingerprint density at radius 2 is 1.83 bits per heavy atom. The molecule has 0 spiro atoms. The van der Waals surface area contributed by atoms with Crippen molar-refractivity contribution in [2.45, 2.75) is 19.1 Å². The van der Waals surface area contributed by atoms with Gasteiger partial charge < -0.3 is 9.64 Å². The molecule has 1 aliphatic heterocycles. The second-order valence-corrected chi connectivity index (χ2v) is 7.08. The van der Waals surface area contributed by atoms with E-state index in [1.165, 1.54) is 13.0 Å². The van der Waals surface area contributed by atoms with Crippen molar-refractivity contribution >= 4 is 5.91 Å². The summed E-state index contributed by atoms with van der Waals surface area (Å²) in [4.78, 5) is 20.6. The lowest BCUT2D eigenvalue weighted by molar-refractivity contribution is -0.141. The Hall–Kier alpha value is -2.45. The highest BCUT2D eigenvalue weighted by Gasteiger charge is 2.34. The number of carbonyl (C=O) groups is 1. The van der Waals surface area contributed by atoms with Crippen LogP contribution in [0.4, 0.5) is 13.2 Å². The van der Waals surface area contributed by atoms with Crippen LogP contribution >= 0.6 is 0 Å². The van der Waals surface area contributed by atoms with Crippen molar-refractivity contribution in [2.75, 3.05) is 39.9 Å². The van der Waals surface area contributed by atoms with E-state index in [4.69, 9.17) is 4.74 Å². The summed E-state index contributed by atoms with van der Waals surface area (Å²) in [7, 11) is 1.68. The van der Waals surface area contributed by atoms with Crippen LogP contribution in [0.3, 0.4) is 0 Å². The van der Waals surface area contributed by atoms with Crippen LogP contribution in [-0.2, 0) is 10.9 Å². The number of alkyl halides is 3. The summed E-state index contributed by atoms with van der Waals surface area (Å²) >= 11 is 0. The van der Waals surface area contributed by atoms with Crippen LogP contribution in [0.5, 0.6) is 0 Å². The molecule has 0 saturated carbocycles. The van der Waals surface area contributed by atoms with Crippen LogP contribution < -0.4 is 0 Å². The van der Waals surface area contributed by atoms with Crippen molar-refractivity contribution in [1.82, 2.24) is 14.8 Å². The van der Waals surface area contributed by atoms with E-state index in [9.17, 15) is 18.0 Å². The number of carbonyl (C=O) groups excluding carboxylic acids is 1. The summed E-state index contributed by atoms with van der Waals surface area (Å²) in [6.45, 7) is 4.86. The maximum absolute atomic E-state index is 13.1. The molecular weight excluding hydrogens is 383 g/mol. The number of likely N-dealkylation sites (N-methyl/N-ethyl adjacent to an activating group) is 1. The van der Waals surface area contributed by atoms with E-state index in [0.29, 0.717) is 19.8 Å². The Morgan fingerprint density at radius 3 is 2.41 bits per heavy atom. The molecule has 8 heteroatoms. The number of morpholine rings is 1. The quantitative estimate of drug-likeness (QED) is 0.761. The van der Waals surface area contributed by atoms with Crippen molar-refractivity contribution in [1.29, 1.82) is 0 Å². The molecule has 1 aromatic heterocycles. The molecule has 2 aromatic rings. The Morgan fingerprint density at radius 1 is 1.17 bits per heavy atom. The van der Waals surface area contributed by atoms with Gasteiger partial charge in [0.2, 0.25) is 0 Å². The molecule has 156 valence electrons. The molecule has 1 atom stereocenters. The van der Waals surface area contributed by atoms with Gasteiger partial charge in [0, 0.05) is 26.7 Å². The van der Waals surface area contributed by atoms with E-state index in [0.717, 1.165) is 24.7 Å². The first-order valence-electron chi connectivity index (χ1n) is 9.44. The first-order valence-corrected chi connectivity index (χ1v) is 9.44. The summed E-state index contributed by atoms with van der Waals surface area (Å²) in [5.41, 5.74) is 0.202. The number of benzene rings is 1. The molecule has 1 aromatic carbocycles. The van der Waals surface area contributed by atoms with Crippen LogP contribution in [0.2, 0.25) is 0 Å². The number of aromatic nitrogens is 1. The molecule has 1 aliphatic rings. The zero-order valence-corrected chi connectivity index (χ0v) is 16.4. The smallest absolute Gasteiger partial charge is 0.379 e. The number of aryl methyl sites for hydroxylation is 1. The van der Waals surface area contributed by atoms with Crippen molar-refractivity contribution in [3.63, 3.8) is 0 Å². The minimum Gasteiger partial charge on any atom is -0.379 e. The van der Waals surface area contributed by atoms with Gasteiger partial charge in [0.1, 0.15) is 5.69 Å². The van der Waals surface area contributed by atoms with E-state index < -0.39 is 11.9 Å². The SMILES string of the molecule is Cc1nc(C(F)(F)F)ccc1C(=O)N(C)[C@@H](CN1CCOCC1)c1ccccc1. The molecule has 3 rings (SSSR count). The summed E-state index contributed by atoms with van der Waals surface area (Å²) in [5.74, 6) is -0.356. The van der Waals surface area contributed by atoms with Gasteiger partial charge in [-0.3, -0.25) is 9.69 Å². The minimum atomic E-state index is -4.54. The third-order valence-electron chi connectivity index (χ3n) is 5.11. The number of hydrogen-bond donors (Lipinski definition) is 0. The third kappa shape index (κ3) is 5.13. The lowest BCUT2D eigenvalue weighted by atomic mass is 10.0. The van der Waals surface area contributed by atoms with Gasteiger partial charge in [0.05, 0.1) is 30.5 Å². The maximum Gasteiger partial charge on any atom is 0.433 e. The number of amides is 1. The van der Waals surface area contributed by atoms with Crippen LogP contribution in [0.1, 0.15) is 33.4 Å². The number of pyridine rings is 1. The van der Waals surface area contributed by atoms with Crippen LogP contribution in [0.15, 0.2) is 42.5 Å². The predicted molar refractivity (Wildman–Crippen MR) is 103 cm³/mol. The first kappa shape index (κ1) is 21.3. The molecular formula is C21H24F3N3O2. The van der Waals surface area contributed by atoms with E-state index in [1.54, 1.807) is 11.9 Å². The van der Waals surface area contributed by atoms with Crippen LogP contribution in [0.25, 0.3) is 0 Å². The standard InChI is InChI=1S/C21H24F3N3O2/c1-15-17(8-9-19(25-15)21(22,23)24)20(28)26(2)18(16-6-4-3-5-7-16)14-27-10-12-29-13-11-27/h3-9,18H,10-14H2,1-2H3/t18-/m0/s1. The van der Waals surface area contributed by atoms with E-state index in [-0.39, 0.29) is 23.2 Å². The summed E-state index contributed by atoms with van der Waals surface area (Å²) in [6.07, 6.45) is -4.54. The highest BCUT2D eigenvalue weighted by atomic mass is 19.4. The number of rotatable bonds is 5. The normalized spacial score (nSPS) is 16.4. The van der Waals surface area contributed by atoms with E-state index >= 15 is 0 Å². The fraction of sp³-hybridized carbons (Fsp3) is 0.429. The average molecular weight is 407 g/mol. The maximum atomic E-state index is 13.1. The summed E-state index contributed by atoms with van der Waals surface area (Å²) < 4.78 is 44.1. The monoisotopic (exact) mass is 407 g/mol. The Kier molecular flexibility index (Phi) is 6.54. The zero-order chi connectivity index (χ0) is 21.0. The van der Waals surface area contributed by atoms with Gasteiger partial charge in [-0.1, -0.05) is 30.3 Å². The molecule has 0 aliphatic carbocycles. The number of halogens is 3. The van der Waals surface area contributed by atoms with E-state index in [1.807, 2.05) is 30.3 Å². The zero-order valence-electron chi connectivity index (χ0n) is 16.4. The lowest BCUT2D eigenvalue weighted by Crippen LogP contribution is -2.44. The molecule has 29 heavy (non-hydrogen) atoms. The molecule has 1 saturated heterocycles. The number of ether oxygens (including phenoxy) is 1.